The van der Waals surface area contributed by atoms with Crippen molar-refractivity contribution in [3.8, 4) is 0 Å². The number of alkyl halides is 3. The van der Waals surface area contributed by atoms with Gasteiger partial charge in [-0.05, 0) is 19.8 Å². The normalized spacial score (nSPS) is 22.2. The van der Waals surface area contributed by atoms with Crippen molar-refractivity contribution in [1.82, 2.24) is 4.90 Å². The molecule has 0 unspecified atom stereocenters. The van der Waals surface area contributed by atoms with Crippen molar-refractivity contribution >= 4 is 11.9 Å². The van der Waals surface area contributed by atoms with Gasteiger partial charge in [-0.3, -0.25) is 9.59 Å². The largest absolute Gasteiger partial charge is 0.464 e. The first kappa shape index (κ1) is 25.2. The van der Waals surface area contributed by atoms with Gasteiger partial charge in [-0.1, -0.05) is 62.4 Å². The Morgan fingerprint density at radius 1 is 1.06 bits per heavy atom. The van der Waals surface area contributed by atoms with Crippen molar-refractivity contribution in [1.29, 1.82) is 0 Å². The molecule has 2 rings (SSSR count). The zero-order valence-electron chi connectivity index (χ0n) is 18.2. The van der Waals surface area contributed by atoms with Crippen LogP contribution in [-0.4, -0.2) is 49.3 Å². The Morgan fingerprint density at radius 3 is 2.29 bits per heavy atom. The Kier molecular flexibility index (Phi) is 9.34. The molecule has 5 nitrogen and oxygen atoms in total. The fourth-order valence-electron chi connectivity index (χ4n) is 4.03. The van der Waals surface area contributed by atoms with Gasteiger partial charge in [-0.15, -0.1) is 0 Å². The van der Waals surface area contributed by atoms with Crippen LogP contribution in [0.25, 0.3) is 0 Å². The number of rotatable bonds is 3. The summed E-state index contributed by atoms with van der Waals surface area (Å²) in [5.74, 6) is -1.58. The molecule has 1 aliphatic rings. The van der Waals surface area contributed by atoms with E-state index in [1.54, 1.807) is 13.0 Å². The highest BCUT2D eigenvalue weighted by Crippen LogP contribution is 2.43. The molecule has 1 aromatic carbocycles. The number of carbonyl (C=O) groups is 2. The molecule has 1 saturated heterocycles. The Labute approximate surface area is 181 Å². The van der Waals surface area contributed by atoms with Crippen LogP contribution < -0.4 is 0 Å². The molecule has 174 valence electrons. The lowest BCUT2D eigenvalue weighted by molar-refractivity contribution is -0.271. The zero-order chi connectivity index (χ0) is 22.9. The molecule has 1 aliphatic heterocycles. The number of ether oxygens (including phenoxy) is 2. The van der Waals surface area contributed by atoms with Crippen LogP contribution in [0.2, 0.25) is 0 Å². The summed E-state index contributed by atoms with van der Waals surface area (Å²) >= 11 is 0. The Bertz CT molecular complexity index is 711. The molecule has 31 heavy (non-hydrogen) atoms. The molecule has 0 spiro atoms. The molecule has 1 fully saturated rings. The van der Waals surface area contributed by atoms with E-state index in [1.165, 1.54) is 24.3 Å². The molecular weight excluding hydrogens is 411 g/mol. The highest BCUT2D eigenvalue weighted by molar-refractivity contribution is 5.88. The third-order valence-electron chi connectivity index (χ3n) is 5.83. The minimum absolute atomic E-state index is 0.125. The van der Waals surface area contributed by atoms with Crippen LogP contribution in [0.1, 0.15) is 63.9 Å². The van der Waals surface area contributed by atoms with Gasteiger partial charge in [-0.2, -0.15) is 13.2 Å². The predicted octanol–water partition coefficient (Wildman–Crippen LogP) is 4.99. The number of cyclic esters (lactones) is 1. The molecule has 1 amide bonds. The van der Waals surface area contributed by atoms with Crippen LogP contribution in [-0.2, 0) is 24.7 Å². The maximum absolute atomic E-state index is 14.3. The van der Waals surface area contributed by atoms with E-state index in [0.717, 1.165) is 50.5 Å². The molecular formula is C23H32F3NO4. The third kappa shape index (κ3) is 6.21. The van der Waals surface area contributed by atoms with Gasteiger partial charge in [0.2, 0.25) is 0 Å². The lowest BCUT2D eigenvalue weighted by Crippen LogP contribution is -2.59. The minimum atomic E-state index is -4.98. The molecule has 0 aromatic heterocycles. The number of methoxy groups -OCH3 is 1. The van der Waals surface area contributed by atoms with Crippen LogP contribution in [0.5, 0.6) is 0 Å². The van der Waals surface area contributed by atoms with Gasteiger partial charge in [-0.25, -0.2) is 0 Å². The van der Waals surface area contributed by atoms with E-state index in [4.69, 9.17) is 9.47 Å². The number of esters is 1. The summed E-state index contributed by atoms with van der Waals surface area (Å²) in [5.41, 5.74) is -3.41. The number of benzene rings is 1. The summed E-state index contributed by atoms with van der Waals surface area (Å²) in [6.07, 6.45) is 1.27. The van der Waals surface area contributed by atoms with Gasteiger partial charge in [0.05, 0.1) is 6.54 Å². The second-order valence-corrected chi connectivity index (χ2v) is 7.98. The number of amides is 1. The summed E-state index contributed by atoms with van der Waals surface area (Å²) < 4.78 is 53.2. The maximum Gasteiger partial charge on any atom is 0.430 e. The minimum Gasteiger partial charge on any atom is -0.464 e. The van der Waals surface area contributed by atoms with Crippen LogP contribution in [0.3, 0.4) is 0 Å². The van der Waals surface area contributed by atoms with Crippen molar-refractivity contribution in [2.45, 2.75) is 76.1 Å². The van der Waals surface area contributed by atoms with Gasteiger partial charge in [0, 0.05) is 25.1 Å². The quantitative estimate of drug-likeness (QED) is 0.618. The third-order valence-corrected chi connectivity index (χ3v) is 5.83. The second kappa shape index (κ2) is 11.5. The van der Waals surface area contributed by atoms with Gasteiger partial charge >= 0.3 is 12.1 Å². The Morgan fingerprint density at radius 2 is 1.68 bits per heavy atom. The van der Waals surface area contributed by atoms with Crippen LogP contribution >= 0.6 is 0 Å². The average Bonchev–Trinajstić information content (AvgIpc) is 2.73. The molecule has 1 aromatic rings. The molecule has 0 N–H and O–H groups in total. The lowest BCUT2D eigenvalue weighted by atomic mass is 9.90. The van der Waals surface area contributed by atoms with Crippen molar-refractivity contribution in [3.63, 3.8) is 0 Å². The first-order chi connectivity index (χ1) is 14.7. The molecule has 0 saturated carbocycles. The molecule has 0 aliphatic carbocycles. The van der Waals surface area contributed by atoms with Gasteiger partial charge in [0.15, 0.2) is 0 Å². The summed E-state index contributed by atoms with van der Waals surface area (Å²) in [7, 11) is 0.896. The van der Waals surface area contributed by atoms with Crippen LogP contribution in [0, 0.1) is 0 Å². The maximum atomic E-state index is 14.3. The number of halogens is 3. The fraction of sp³-hybridized carbons (Fsp3) is 0.652. The Balaban J connectivity index is 2.36. The average molecular weight is 444 g/mol. The molecule has 8 heteroatoms. The van der Waals surface area contributed by atoms with E-state index in [0.29, 0.717) is 6.42 Å². The molecule has 2 atom stereocenters. The lowest BCUT2D eigenvalue weighted by Gasteiger charge is -2.40. The van der Waals surface area contributed by atoms with Crippen molar-refractivity contribution in [3.05, 3.63) is 35.9 Å². The van der Waals surface area contributed by atoms with Crippen molar-refractivity contribution in [2.24, 2.45) is 0 Å². The first-order valence-electron chi connectivity index (χ1n) is 10.9. The van der Waals surface area contributed by atoms with Crippen LogP contribution in [0.4, 0.5) is 13.2 Å². The summed E-state index contributed by atoms with van der Waals surface area (Å²) in [5, 5.41) is 0. The molecule has 0 radical (unpaired) electrons. The van der Waals surface area contributed by atoms with E-state index in [9.17, 15) is 22.8 Å². The fourth-order valence-corrected chi connectivity index (χ4v) is 4.03. The van der Waals surface area contributed by atoms with E-state index < -0.39 is 29.7 Å². The van der Waals surface area contributed by atoms with Crippen molar-refractivity contribution in [2.75, 3.05) is 20.3 Å². The monoisotopic (exact) mass is 443 g/mol. The SMILES string of the molecule is CO[C@@](C(=O)N1CCOC(=O)CCCCCCCC[C@H]1C)(c1ccccc1)C(F)(F)F. The van der Waals surface area contributed by atoms with Crippen LogP contribution in [0.15, 0.2) is 30.3 Å². The Hall–Kier alpha value is -2.09. The highest BCUT2D eigenvalue weighted by atomic mass is 19.4. The standard InChI is InChI=1S/C23H32F3NO4/c1-18-12-8-5-3-4-6-11-15-20(28)31-17-16-27(18)21(29)22(30-2,23(24,25)26)19-13-9-7-10-14-19/h7,9-10,13-14,18H,3-6,8,11-12,15-17H2,1-2H3/t18-,22-/m1/s1. The van der Waals surface area contributed by atoms with Gasteiger partial charge < -0.3 is 14.4 Å². The summed E-state index contributed by atoms with van der Waals surface area (Å²) in [4.78, 5) is 26.5. The van der Waals surface area contributed by atoms with E-state index in [1.807, 2.05) is 0 Å². The molecule has 0 bridgehead atoms. The van der Waals surface area contributed by atoms with Gasteiger partial charge in [0.25, 0.3) is 11.5 Å². The highest BCUT2D eigenvalue weighted by Gasteiger charge is 2.64. The topological polar surface area (TPSA) is 55.8 Å². The number of carbonyl (C=O) groups excluding carboxylic acids is 2. The van der Waals surface area contributed by atoms with E-state index in [-0.39, 0.29) is 25.1 Å². The molecule has 1 heterocycles. The first-order valence-corrected chi connectivity index (χ1v) is 10.9. The van der Waals surface area contributed by atoms with Gasteiger partial charge in [0.1, 0.15) is 6.61 Å². The number of nitrogens with zero attached hydrogens (tertiary/aromatic N) is 1. The predicted molar refractivity (Wildman–Crippen MR) is 110 cm³/mol. The van der Waals surface area contributed by atoms with Crippen molar-refractivity contribution < 1.29 is 32.2 Å². The van der Waals surface area contributed by atoms with E-state index in [2.05, 4.69) is 0 Å². The number of hydrogen-bond donors (Lipinski definition) is 0. The van der Waals surface area contributed by atoms with E-state index >= 15 is 0 Å². The zero-order valence-corrected chi connectivity index (χ0v) is 18.2. The summed E-state index contributed by atoms with van der Waals surface area (Å²) in [6.45, 7) is 1.45. The summed E-state index contributed by atoms with van der Waals surface area (Å²) in [6, 6.07) is 6.48. The second-order valence-electron chi connectivity index (χ2n) is 7.98. The number of hydrogen-bond acceptors (Lipinski definition) is 4. The smallest absolute Gasteiger partial charge is 0.430 e.